The minimum Gasteiger partial charge on any atom is -0.483 e. The Morgan fingerprint density at radius 2 is 1.86 bits per heavy atom. The van der Waals surface area contributed by atoms with Crippen LogP contribution in [0.4, 0.5) is 13.6 Å². The first-order valence-electron chi connectivity index (χ1n) is 14.4. The van der Waals surface area contributed by atoms with Crippen LogP contribution in [0.25, 0.3) is 0 Å². The third-order valence-corrected chi connectivity index (χ3v) is 8.97. The Labute approximate surface area is 249 Å². The molecule has 43 heavy (non-hydrogen) atoms. The van der Waals surface area contributed by atoms with Crippen LogP contribution in [-0.2, 0) is 23.9 Å². The number of piperidine rings is 1. The minimum absolute atomic E-state index is 0.0155. The molecule has 6 atom stereocenters. The molecule has 3 fully saturated rings. The summed E-state index contributed by atoms with van der Waals surface area (Å²) in [5.74, 6) is -4.70. The molecule has 0 radical (unpaired) electrons. The van der Waals surface area contributed by atoms with Crippen LogP contribution in [0.1, 0.15) is 47.5 Å². The van der Waals surface area contributed by atoms with Crippen LogP contribution in [0, 0.1) is 40.2 Å². The lowest BCUT2D eigenvalue weighted by atomic mass is 9.85. The van der Waals surface area contributed by atoms with Crippen molar-refractivity contribution < 1.29 is 42.2 Å². The molecule has 4 rings (SSSR count). The molecule has 11 nitrogen and oxygen atoms in total. The van der Waals surface area contributed by atoms with E-state index >= 15 is 0 Å². The van der Waals surface area contributed by atoms with Crippen LogP contribution in [0.3, 0.4) is 0 Å². The summed E-state index contributed by atoms with van der Waals surface area (Å²) in [6.07, 6.45) is -0.334. The van der Waals surface area contributed by atoms with E-state index in [0.29, 0.717) is 25.6 Å². The van der Waals surface area contributed by atoms with Gasteiger partial charge in [0.05, 0.1) is 13.2 Å². The van der Waals surface area contributed by atoms with Crippen molar-refractivity contribution in [1.29, 1.82) is 0 Å². The monoisotopic (exact) mass is 606 g/mol. The first-order valence-corrected chi connectivity index (χ1v) is 14.4. The molecular weight excluding hydrogens is 566 g/mol. The number of nitrogens with zero attached hydrogens (tertiary/aromatic N) is 1. The van der Waals surface area contributed by atoms with Gasteiger partial charge >= 0.3 is 6.09 Å². The zero-order valence-electron chi connectivity index (χ0n) is 25.3. The van der Waals surface area contributed by atoms with E-state index in [1.807, 2.05) is 13.8 Å². The quantitative estimate of drug-likeness (QED) is 0.371. The van der Waals surface area contributed by atoms with Crippen molar-refractivity contribution in [3.63, 3.8) is 0 Å². The fraction of sp³-hybridized carbons (Fsp3) is 0.633. The third-order valence-electron chi connectivity index (χ3n) is 8.97. The smallest absolute Gasteiger partial charge is 0.407 e. The van der Waals surface area contributed by atoms with Gasteiger partial charge in [-0.1, -0.05) is 34.6 Å². The van der Waals surface area contributed by atoms with Crippen molar-refractivity contribution in [2.24, 2.45) is 28.6 Å². The van der Waals surface area contributed by atoms with Crippen LogP contribution in [-0.4, -0.2) is 79.4 Å². The van der Waals surface area contributed by atoms with Gasteiger partial charge in [0, 0.05) is 25.1 Å². The number of alkyl carbamates (subject to hydrolysis) is 1. The van der Waals surface area contributed by atoms with Crippen LogP contribution < -0.4 is 20.7 Å². The number of likely N-dealkylation sites (tertiary alicyclic amines) is 1. The Kier molecular flexibility index (Phi) is 9.03. The van der Waals surface area contributed by atoms with E-state index in [0.717, 1.165) is 12.1 Å². The highest BCUT2D eigenvalue weighted by atomic mass is 19.1. The van der Waals surface area contributed by atoms with Gasteiger partial charge in [-0.15, -0.1) is 0 Å². The fourth-order valence-electron chi connectivity index (χ4n) is 6.33. The number of hydrogen-bond donors (Lipinski definition) is 3. The Hall–Kier alpha value is -3.77. The van der Waals surface area contributed by atoms with Crippen LogP contribution in [0.5, 0.6) is 5.75 Å². The predicted octanol–water partition coefficient (Wildman–Crippen LogP) is 2.18. The van der Waals surface area contributed by atoms with Crippen LogP contribution >= 0.6 is 0 Å². The summed E-state index contributed by atoms with van der Waals surface area (Å²) in [5.41, 5.74) is -0.949. The van der Waals surface area contributed by atoms with Gasteiger partial charge in [-0.05, 0) is 47.6 Å². The molecule has 0 spiro atoms. The van der Waals surface area contributed by atoms with Gasteiger partial charge in [-0.2, -0.15) is 0 Å². The number of benzene rings is 1. The van der Waals surface area contributed by atoms with E-state index in [1.54, 1.807) is 20.8 Å². The maximum absolute atomic E-state index is 14.1. The largest absolute Gasteiger partial charge is 0.483 e. The van der Waals surface area contributed by atoms with E-state index in [9.17, 15) is 32.8 Å². The molecular formula is C30H40F2N4O7. The minimum atomic E-state index is -1.17. The summed E-state index contributed by atoms with van der Waals surface area (Å²) in [6.45, 7) is 9.46. The molecule has 0 unspecified atom stereocenters. The molecule has 0 aromatic heterocycles. The molecule has 4 amide bonds. The van der Waals surface area contributed by atoms with Gasteiger partial charge in [0.2, 0.25) is 17.7 Å². The Morgan fingerprint density at radius 1 is 1.16 bits per heavy atom. The number of hydrogen-bond acceptors (Lipinski definition) is 7. The summed E-state index contributed by atoms with van der Waals surface area (Å²) in [7, 11) is 1.19. The van der Waals surface area contributed by atoms with Crippen molar-refractivity contribution in [3.8, 4) is 5.75 Å². The van der Waals surface area contributed by atoms with Crippen molar-refractivity contribution in [2.45, 2.75) is 65.6 Å². The number of amides is 4. The summed E-state index contributed by atoms with van der Waals surface area (Å²) >= 11 is 0. The summed E-state index contributed by atoms with van der Waals surface area (Å²) < 4.78 is 37.4. The van der Waals surface area contributed by atoms with Gasteiger partial charge in [0.15, 0.2) is 17.3 Å². The van der Waals surface area contributed by atoms with Crippen molar-refractivity contribution in [2.75, 3.05) is 26.8 Å². The lowest BCUT2D eigenvalue weighted by molar-refractivity contribution is -0.144. The maximum Gasteiger partial charge on any atom is 0.407 e. The topological polar surface area (TPSA) is 143 Å². The zero-order chi connectivity index (χ0) is 31.9. The number of ether oxygens (including phenoxy) is 2. The molecule has 1 aliphatic carbocycles. The average molecular weight is 607 g/mol. The first-order chi connectivity index (χ1) is 20.1. The number of fused-ring (bicyclic) bond motifs is 1. The summed E-state index contributed by atoms with van der Waals surface area (Å²) in [5, 5.41) is 8.07. The second kappa shape index (κ2) is 12.1. The molecule has 0 bridgehead atoms. The summed E-state index contributed by atoms with van der Waals surface area (Å²) in [6, 6.07) is -0.420. The number of rotatable bonds is 10. The van der Waals surface area contributed by atoms with E-state index in [-0.39, 0.29) is 35.3 Å². The standard InChI is InChI=1S/C30H40F2N4O7/c1-29(2,3)24(35-28(41)42-6)27(40)36-13-17-22(30(17,4)5)23(36)26(39)34-19(11-15-9-10-33-25(15)38)20(37)14-43-21-8-7-16(31)12-18(21)32/h7-8,12,15,17,19,22-24H,9-11,13-14H2,1-6H3,(H,33,38)(H,34,39)(H,35,41)/t15-,17-,19-,22-,23-,24+/m0/s1. The Morgan fingerprint density at radius 3 is 2.44 bits per heavy atom. The highest BCUT2D eigenvalue weighted by molar-refractivity contribution is 5.96. The van der Waals surface area contributed by atoms with Crippen molar-refractivity contribution in [3.05, 3.63) is 29.8 Å². The second-order valence-corrected chi connectivity index (χ2v) is 13.2. The third kappa shape index (κ3) is 6.75. The number of methoxy groups -OCH3 is 1. The van der Waals surface area contributed by atoms with Crippen LogP contribution in [0.15, 0.2) is 18.2 Å². The molecule has 1 saturated carbocycles. The van der Waals surface area contributed by atoms with E-state index in [4.69, 9.17) is 9.47 Å². The SMILES string of the molecule is COC(=O)N[C@H](C(=O)N1C[C@H]2[C@@H]([C@H]1C(=O)N[C@@H](C[C@@H]1CCNC1=O)C(=O)COc1ccc(F)cc1F)C2(C)C)C(C)(C)C. The number of halogens is 2. The van der Waals surface area contributed by atoms with E-state index in [2.05, 4.69) is 16.0 Å². The number of carbonyl (C=O) groups excluding carboxylic acids is 5. The van der Waals surface area contributed by atoms with Gasteiger partial charge in [-0.3, -0.25) is 19.2 Å². The van der Waals surface area contributed by atoms with E-state index in [1.165, 1.54) is 12.0 Å². The summed E-state index contributed by atoms with van der Waals surface area (Å²) in [4.78, 5) is 67.1. The van der Waals surface area contributed by atoms with Gasteiger partial charge < -0.3 is 30.3 Å². The predicted molar refractivity (Wildman–Crippen MR) is 150 cm³/mol. The molecule has 2 saturated heterocycles. The highest BCUT2D eigenvalue weighted by Gasteiger charge is 2.70. The Balaban J connectivity index is 1.56. The lowest BCUT2D eigenvalue weighted by Crippen LogP contribution is -2.60. The molecule has 1 aromatic carbocycles. The molecule has 2 heterocycles. The first kappa shape index (κ1) is 32.2. The molecule has 13 heteroatoms. The molecule has 1 aromatic rings. The molecule has 3 N–H and O–H groups in total. The van der Waals surface area contributed by atoms with E-state index < -0.39 is 71.4 Å². The molecule has 2 aliphatic heterocycles. The van der Waals surface area contributed by atoms with Gasteiger partial charge in [0.25, 0.3) is 0 Å². The highest BCUT2D eigenvalue weighted by Crippen LogP contribution is 2.65. The number of carbonyl (C=O) groups is 5. The Bertz CT molecular complexity index is 1300. The number of nitrogens with one attached hydrogen (secondary N) is 3. The fourth-order valence-corrected chi connectivity index (χ4v) is 6.33. The second-order valence-electron chi connectivity index (χ2n) is 13.2. The van der Waals surface area contributed by atoms with Crippen molar-refractivity contribution >= 4 is 29.6 Å². The average Bonchev–Trinajstić information content (AvgIpc) is 3.27. The van der Waals surface area contributed by atoms with Crippen LogP contribution in [0.2, 0.25) is 0 Å². The normalized spacial score (nSPS) is 25.2. The number of Topliss-reactive ketones (excluding diaryl/α,β-unsaturated/α-hetero) is 1. The zero-order valence-corrected chi connectivity index (χ0v) is 25.3. The van der Waals surface area contributed by atoms with Gasteiger partial charge in [-0.25, -0.2) is 13.6 Å². The van der Waals surface area contributed by atoms with Crippen molar-refractivity contribution in [1.82, 2.24) is 20.9 Å². The molecule has 3 aliphatic rings. The number of ketones is 1. The lowest BCUT2D eigenvalue weighted by Gasteiger charge is -2.37. The maximum atomic E-state index is 14.1. The van der Waals surface area contributed by atoms with Gasteiger partial charge in [0.1, 0.15) is 24.5 Å². The molecule has 236 valence electrons.